The van der Waals surface area contributed by atoms with Crippen LogP contribution in [0.15, 0.2) is 148 Å². The third kappa shape index (κ3) is 27.6. The molecule has 105 heavy (non-hydrogen) atoms. The van der Waals surface area contributed by atoms with E-state index in [1.807, 2.05) is 106 Å². The van der Waals surface area contributed by atoms with Crippen LogP contribution >= 0.6 is 47.8 Å². The Labute approximate surface area is 642 Å². The summed E-state index contributed by atoms with van der Waals surface area (Å²) in [6.45, 7) is 27.1. The maximum atomic E-state index is 12.5. The summed E-state index contributed by atoms with van der Waals surface area (Å²) in [7, 11) is 0. The van der Waals surface area contributed by atoms with Gasteiger partial charge in [0.05, 0.1) is 0 Å². The second-order valence-corrected chi connectivity index (χ2v) is 31.6. The third-order valence-electron chi connectivity index (χ3n) is 18.4. The number of alkyl halides is 3. The SMILES string of the molecule is Brc1ccc2c(c1)CCNC2.Brc1ccc2cnccc2c1.C1CCNC1.C=CC(=O)N1CCCC1.CC(C)(C)OC(=O)N1CCc2cc(/C=C/C(=O)N3CCCC3)ccc2C1.CC(C)(C)OC(=O)N1CCc2cc(Br)ccc2C1.O=C(/C=C/c1ccc2c(c1)CCN(C(=O)C(F)(F)F)C2)N1CCCC1. The Kier molecular flexibility index (Phi) is 31.8. The number of amides is 6. The van der Waals surface area contributed by atoms with Crippen LogP contribution < -0.4 is 10.6 Å². The largest absolute Gasteiger partial charge is 0.471 e. The van der Waals surface area contributed by atoms with E-state index in [2.05, 4.69) is 112 Å². The van der Waals surface area contributed by atoms with Crippen molar-refractivity contribution in [3.8, 4) is 0 Å². The predicted molar refractivity (Wildman–Crippen MR) is 420 cm³/mol. The van der Waals surface area contributed by atoms with E-state index in [1.165, 1.54) is 81.1 Å². The first kappa shape index (κ1) is 82.9. The third-order valence-corrected chi connectivity index (χ3v) is 19.9. The number of nitrogens with zero attached hydrogens (tertiary/aromatic N) is 7. The highest BCUT2D eigenvalue weighted by molar-refractivity contribution is 9.11. The van der Waals surface area contributed by atoms with Crippen molar-refractivity contribution in [2.45, 2.75) is 162 Å². The minimum Gasteiger partial charge on any atom is -0.444 e. The van der Waals surface area contributed by atoms with E-state index in [-0.39, 0.29) is 43.0 Å². The lowest BCUT2D eigenvalue weighted by Crippen LogP contribution is -2.43. The fourth-order valence-electron chi connectivity index (χ4n) is 12.8. The number of benzene rings is 5. The predicted octanol–water partition coefficient (Wildman–Crippen LogP) is 16.4. The molecule has 564 valence electrons. The van der Waals surface area contributed by atoms with E-state index in [0.717, 1.165) is 153 Å². The molecular weight excluding hydrogens is 1540 g/mol. The van der Waals surface area contributed by atoms with Gasteiger partial charge in [-0.15, -0.1) is 0 Å². The highest BCUT2D eigenvalue weighted by atomic mass is 79.9. The van der Waals surface area contributed by atoms with Crippen molar-refractivity contribution in [2.24, 2.45) is 0 Å². The quantitative estimate of drug-likeness (QED) is 0.157. The van der Waals surface area contributed by atoms with Crippen LogP contribution in [0.3, 0.4) is 0 Å². The van der Waals surface area contributed by atoms with Crippen LogP contribution in [0.25, 0.3) is 22.9 Å². The Hall–Kier alpha value is -7.70. The molecule has 4 fully saturated rings. The molecule has 1 aromatic heterocycles. The van der Waals surface area contributed by atoms with Crippen LogP contribution in [-0.2, 0) is 80.5 Å². The molecule has 14 rings (SSSR count). The second kappa shape index (κ2) is 40.3. The molecule has 2 N–H and O–H groups in total. The number of fused-ring (bicyclic) bond motifs is 5. The molecule has 4 saturated heterocycles. The van der Waals surface area contributed by atoms with Crippen LogP contribution in [0.4, 0.5) is 22.8 Å². The zero-order valence-electron chi connectivity index (χ0n) is 61.4. The van der Waals surface area contributed by atoms with Crippen molar-refractivity contribution >= 4 is 107 Å². The summed E-state index contributed by atoms with van der Waals surface area (Å²) in [4.78, 5) is 84.4. The Bertz CT molecular complexity index is 4000. The number of rotatable bonds is 5. The number of pyridine rings is 1. The second-order valence-electron chi connectivity index (χ2n) is 28.9. The lowest BCUT2D eigenvalue weighted by molar-refractivity contribution is -0.186. The van der Waals surface area contributed by atoms with Crippen molar-refractivity contribution < 1.29 is 51.4 Å². The Morgan fingerprint density at radius 2 is 0.848 bits per heavy atom. The number of nitrogens with one attached hydrogen (secondary N) is 2. The molecule has 0 bridgehead atoms. The standard InChI is InChI=1S/C21H28N2O3.C18H19F3N2O2.C14H18BrNO2.C9H10BrN.C9H6BrN.C7H11NO.C4H9N/c1-21(2,3)26-20(25)23-13-10-17-14-16(6-8-18(17)15-23)7-9-19(24)22-11-4-5-12-22;19-18(20,21)17(25)23-10-7-14-11-13(3-5-15(14)12-23)4-6-16(24)22-8-1-2-9-22;1-14(2,3)18-13(17)16-7-6-10-8-12(15)5-4-11(10)9-16;2*10-9-2-1-8-6-11-4-3-7(8)5-9;1-2-7(9)8-5-3-4-6-8;1-2-4-5-3-1/h6-9,14H,4-5,10-13,15H2,1-3H3;3-6,11H,1-2,7-10,12H2;4-5,8H,6-7,9H2,1-3H3;1-2,5,11H,3-4,6H2;1-6H;2H,1,3-6H2;5H,1-4H2/b9-7+;6-4+;;;;;. The lowest BCUT2D eigenvalue weighted by Gasteiger charge is -2.31. The van der Waals surface area contributed by atoms with Gasteiger partial charge in [-0.3, -0.25) is 24.2 Å². The molecule has 9 heterocycles. The van der Waals surface area contributed by atoms with Gasteiger partial charge in [0.25, 0.3) is 0 Å². The van der Waals surface area contributed by atoms with Crippen LogP contribution in [0.1, 0.15) is 149 Å². The molecule has 0 saturated carbocycles. The first-order chi connectivity index (χ1) is 50.1. The molecule has 8 aliphatic heterocycles. The van der Waals surface area contributed by atoms with Gasteiger partial charge in [-0.25, -0.2) is 9.59 Å². The summed E-state index contributed by atoms with van der Waals surface area (Å²) in [5.41, 5.74) is 10.4. The average molecular weight is 1640 g/mol. The maximum absolute atomic E-state index is 12.5. The molecule has 0 spiro atoms. The number of likely N-dealkylation sites (tertiary alicyclic amines) is 3. The number of hydrogen-bond donors (Lipinski definition) is 2. The molecule has 6 amide bonds. The number of hydrogen-bond acceptors (Lipinski definition) is 11. The van der Waals surface area contributed by atoms with Gasteiger partial charge in [0.15, 0.2) is 0 Å². The van der Waals surface area contributed by atoms with E-state index in [9.17, 15) is 41.9 Å². The summed E-state index contributed by atoms with van der Waals surface area (Å²) in [5, 5.41) is 8.96. The van der Waals surface area contributed by atoms with Gasteiger partial charge in [0.1, 0.15) is 11.2 Å². The zero-order chi connectivity index (χ0) is 75.7. The molecule has 17 nitrogen and oxygen atoms in total. The minimum atomic E-state index is -4.84. The Morgan fingerprint density at radius 1 is 0.438 bits per heavy atom. The first-order valence-electron chi connectivity index (χ1n) is 36.4. The van der Waals surface area contributed by atoms with Crippen LogP contribution in [0.2, 0.25) is 0 Å². The fourth-order valence-corrected chi connectivity index (χ4v) is 14.0. The molecular formula is C82H101Br3F3N9O8. The van der Waals surface area contributed by atoms with Crippen LogP contribution in [0.5, 0.6) is 0 Å². The van der Waals surface area contributed by atoms with Crippen molar-refractivity contribution in [2.75, 3.05) is 78.5 Å². The Balaban J connectivity index is 0.000000163. The van der Waals surface area contributed by atoms with Gasteiger partial charge in [-0.1, -0.05) is 109 Å². The van der Waals surface area contributed by atoms with E-state index in [4.69, 9.17) is 9.47 Å². The van der Waals surface area contributed by atoms with Crippen molar-refractivity contribution in [3.05, 3.63) is 203 Å². The summed E-state index contributed by atoms with van der Waals surface area (Å²) >= 11 is 10.4. The topological polar surface area (TPSA) is 177 Å². The average Bonchev–Trinajstić information content (AvgIpc) is 1.27. The summed E-state index contributed by atoms with van der Waals surface area (Å²) in [5.74, 6) is -1.64. The highest BCUT2D eigenvalue weighted by Crippen LogP contribution is 2.29. The molecule has 0 unspecified atom stereocenters. The van der Waals surface area contributed by atoms with Gasteiger partial charge in [0.2, 0.25) is 17.7 Å². The first-order valence-corrected chi connectivity index (χ1v) is 38.8. The van der Waals surface area contributed by atoms with E-state index in [1.54, 1.807) is 45.2 Å². The molecule has 6 aromatic rings. The lowest BCUT2D eigenvalue weighted by atomic mass is 9.97. The number of halogens is 6. The van der Waals surface area contributed by atoms with Gasteiger partial charge in [-0.2, -0.15) is 13.2 Å². The van der Waals surface area contributed by atoms with Gasteiger partial charge in [-0.05, 0) is 260 Å². The van der Waals surface area contributed by atoms with Crippen LogP contribution in [0, 0.1) is 0 Å². The molecule has 0 atom stereocenters. The highest BCUT2D eigenvalue weighted by Gasteiger charge is 2.43. The normalized spacial score (nSPS) is 16.6. The van der Waals surface area contributed by atoms with Crippen molar-refractivity contribution in [1.29, 1.82) is 0 Å². The molecule has 5 aromatic carbocycles. The number of carbonyl (C=O) groups excluding carboxylic acids is 6. The smallest absolute Gasteiger partial charge is 0.444 e. The molecule has 23 heteroatoms. The zero-order valence-corrected chi connectivity index (χ0v) is 66.2. The van der Waals surface area contributed by atoms with Gasteiger partial charge >= 0.3 is 24.3 Å². The van der Waals surface area contributed by atoms with Crippen molar-refractivity contribution in [1.82, 2.24) is 45.0 Å². The summed E-state index contributed by atoms with van der Waals surface area (Å²) in [6.07, 6.45) is 19.1. The monoisotopic (exact) mass is 1630 g/mol. The van der Waals surface area contributed by atoms with E-state index in [0.29, 0.717) is 31.6 Å². The van der Waals surface area contributed by atoms with E-state index >= 15 is 0 Å². The van der Waals surface area contributed by atoms with E-state index < -0.39 is 23.3 Å². The number of ether oxygens (including phenoxy) is 2. The van der Waals surface area contributed by atoms with Gasteiger partial charge in [0, 0.05) is 128 Å². The number of carbonyl (C=O) groups is 6. The van der Waals surface area contributed by atoms with Gasteiger partial charge < -0.3 is 49.5 Å². The summed E-state index contributed by atoms with van der Waals surface area (Å²) < 4.78 is 51.9. The Morgan fingerprint density at radius 3 is 1.30 bits per heavy atom. The van der Waals surface area contributed by atoms with Crippen molar-refractivity contribution in [3.63, 3.8) is 0 Å². The maximum Gasteiger partial charge on any atom is 0.471 e. The minimum absolute atomic E-state index is 0.0165. The molecule has 0 aliphatic carbocycles. The molecule has 0 radical (unpaired) electrons. The molecule has 8 aliphatic rings. The fraction of sp³-hybridized carbons (Fsp3) is 0.451. The summed E-state index contributed by atoms with van der Waals surface area (Å²) in [6, 6.07) is 32.4. The number of aromatic nitrogens is 1. The van der Waals surface area contributed by atoms with Crippen LogP contribution in [-0.4, -0.2) is 166 Å².